The number of piperidine rings is 1. The van der Waals surface area contributed by atoms with Crippen molar-refractivity contribution in [2.24, 2.45) is 0 Å². The predicted octanol–water partition coefficient (Wildman–Crippen LogP) is 6.60. The van der Waals surface area contributed by atoms with E-state index in [-0.39, 0.29) is 30.0 Å². The summed E-state index contributed by atoms with van der Waals surface area (Å²) in [5.41, 5.74) is 8.14. The van der Waals surface area contributed by atoms with Gasteiger partial charge in [0.1, 0.15) is 6.61 Å². The van der Waals surface area contributed by atoms with E-state index in [0.29, 0.717) is 6.61 Å². The van der Waals surface area contributed by atoms with Crippen LogP contribution in [0.3, 0.4) is 0 Å². The van der Waals surface area contributed by atoms with Crippen LogP contribution in [0.1, 0.15) is 55.2 Å². The summed E-state index contributed by atoms with van der Waals surface area (Å²) in [6, 6.07) is 25.0. The van der Waals surface area contributed by atoms with Gasteiger partial charge < -0.3 is 10.1 Å². The van der Waals surface area contributed by atoms with Gasteiger partial charge in [0, 0.05) is 24.6 Å². The molecule has 36 heavy (non-hydrogen) atoms. The van der Waals surface area contributed by atoms with Crippen LogP contribution in [0.2, 0.25) is 0 Å². The molecule has 0 saturated carbocycles. The largest absolute Gasteiger partial charge is 0.448 e. The molecule has 182 valence electrons. The van der Waals surface area contributed by atoms with Crippen molar-refractivity contribution >= 4 is 23.3 Å². The van der Waals surface area contributed by atoms with Crippen LogP contribution in [0, 0.1) is 0 Å². The number of hydrogen-bond donors (Lipinski definition) is 1. The zero-order chi connectivity index (χ0) is 24.6. The van der Waals surface area contributed by atoms with Gasteiger partial charge >= 0.3 is 6.09 Å². The second-order valence-electron chi connectivity index (χ2n) is 10.0. The maximum atomic E-state index is 13.4. The fourth-order valence-electron chi connectivity index (χ4n) is 6.17. The Morgan fingerprint density at radius 1 is 0.917 bits per heavy atom. The monoisotopic (exact) mass is 478 g/mol. The third-order valence-electron chi connectivity index (χ3n) is 7.76. The highest BCUT2D eigenvalue weighted by molar-refractivity contribution is 5.89. The Kier molecular flexibility index (Phi) is 5.84. The predicted molar refractivity (Wildman–Crippen MR) is 142 cm³/mol. The molecule has 0 radical (unpaired) electrons. The Balaban J connectivity index is 1.18. The molecule has 0 spiro atoms. The van der Waals surface area contributed by atoms with E-state index in [1.165, 1.54) is 34.8 Å². The molecular weight excluding hydrogens is 448 g/mol. The van der Waals surface area contributed by atoms with Crippen molar-refractivity contribution in [1.29, 1.82) is 0 Å². The quantitative estimate of drug-likeness (QED) is 0.459. The number of ether oxygens (including phenoxy) is 1. The van der Waals surface area contributed by atoms with Crippen molar-refractivity contribution in [2.45, 2.75) is 50.6 Å². The number of carbonyl (C=O) groups is 2. The molecule has 5 nitrogen and oxygen atoms in total. The molecule has 1 fully saturated rings. The van der Waals surface area contributed by atoms with Gasteiger partial charge in [-0.05, 0) is 71.2 Å². The Labute approximate surface area is 211 Å². The van der Waals surface area contributed by atoms with Crippen molar-refractivity contribution in [1.82, 2.24) is 4.90 Å². The molecule has 1 N–H and O–H groups in total. The van der Waals surface area contributed by atoms with Gasteiger partial charge in [-0.1, -0.05) is 66.7 Å². The standard InChI is InChI=1S/C31H30N2O3/c1-20(34)32-23-15-13-21(14-16-23)22-17-24-7-6-8-25(18-22)33(24)31(35)36-19-30-28-11-4-2-9-26(28)27-10-3-5-12-29(27)30/h2-5,9-17,24-25,30H,6-8,18-19H2,1H3,(H,32,34). The summed E-state index contributed by atoms with van der Waals surface area (Å²) in [4.78, 5) is 26.7. The zero-order valence-electron chi connectivity index (χ0n) is 20.4. The Morgan fingerprint density at radius 3 is 2.22 bits per heavy atom. The summed E-state index contributed by atoms with van der Waals surface area (Å²) < 4.78 is 6.03. The molecule has 1 saturated heterocycles. The van der Waals surface area contributed by atoms with Crippen LogP contribution in [0.25, 0.3) is 16.7 Å². The molecular formula is C31H30N2O3. The average Bonchev–Trinajstić information content (AvgIpc) is 3.20. The first-order chi connectivity index (χ1) is 17.6. The van der Waals surface area contributed by atoms with Crippen LogP contribution >= 0.6 is 0 Å². The number of nitrogens with zero attached hydrogens (tertiary/aromatic N) is 1. The van der Waals surface area contributed by atoms with Gasteiger partial charge in [-0.15, -0.1) is 0 Å². The molecule has 3 aromatic rings. The van der Waals surface area contributed by atoms with Gasteiger partial charge in [0.25, 0.3) is 0 Å². The molecule has 2 atom stereocenters. The molecule has 2 amide bonds. The lowest BCUT2D eigenvalue weighted by Crippen LogP contribution is -2.51. The van der Waals surface area contributed by atoms with Gasteiger partial charge in [0.05, 0.1) is 6.04 Å². The van der Waals surface area contributed by atoms with Crippen LogP contribution in [0.15, 0.2) is 78.9 Å². The van der Waals surface area contributed by atoms with Crippen LogP contribution in [0.5, 0.6) is 0 Å². The van der Waals surface area contributed by atoms with Gasteiger partial charge in [0.2, 0.25) is 5.91 Å². The summed E-state index contributed by atoms with van der Waals surface area (Å²) in [7, 11) is 0. The van der Waals surface area contributed by atoms with Crippen molar-refractivity contribution in [3.05, 3.63) is 95.6 Å². The van der Waals surface area contributed by atoms with Gasteiger partial charge in [-0.25, -0.2) is 4.79 Å². The third-order valence-corrected chi connectivity index (χ3v) is 7.76. The maximum Gasteiger partial charge on any atom is 0.410 e. The fourth-order valence-corrected chi connectivity index (χ4v) is 6.17. The molecule has 2 bridgehead atoms. The summed E-state index contributed by atoms with van der Waals surface area (Å²) in [5, 5.41) is 2.82. The maximum absolute atomic E-state index is 13.4. The molecule has 6 rings (SSSR count). The zero-order valence-corrected chi connectivity index (χ0v) is 20.4. The van der Waals surface area contributed by atoms with Gasteiger partial charge in [-0.2, -0.15) is 0 Å². The van der Waals surface area contributed by atoms with Crippen molar-refractivity contribution in [2.75, 3.05) is 11.9 Å². The molecule has 2 heterocycles. The van der Waals surface area contributed by atoms with Gasteiger partial charge in [0.15, 0.2) is 0 Å². The molecule has 5 heteroatoms. The van der Waals surface area contributed by atoms with Crippen LogP contribution in [-0.4, -0.2) is 35.6 Å². The van der Waals surface area contributed by atoms with Crippen molar-refractivity contribution < 1.29 is 14.3 Å². The second kappa shape index (κ2) is 9.30. The van der Waals surface area contributed by atoms with Crippen molar-refractivity contribution in [3.8, 4) is 11.1 Å². The number of carbonyl (C=O) groups excluding carboxylic acids is 2. The number of hydrogen-bond acceptors (Lipinski definition) is 3. The van der Waals surface area contributed by atoms with E-state index >= 15 is 0 Å². The third kappa shape index (κ3) is 4.09. The number of nitrogens with one attached hydrogen (secondary N) is 1. The number of rotatable bonds is 4. The Bertz CT molecular complexity index is 1300. The smallest absolute Gasteiger partial charge is 0.410 e. The lowest BCUT2D eigenvalue weighted by atomic mass is 9.83. The molecule has 3 aromatic carbocycles. The normalized spacial score (nSPS) is 20.2. The molecule has 1 aliphatic carbocycles. The highest BCUT2D eigenvalue weighted by atomic mass is 16.6. The van der Waals surface area contributed by atoms with E-state index in [9.17, 15) is 9.59 Å². The van der Waals surface area contributed by atoms with E-state index in [4.69, 9.17) is 4.74 Å². The summed E-state index contributed by atoms with van der Waals surface area (Å²) >= 11 is 0. The minimum absolute atomic E-state index is 0.0539. The molecule has 2 unspecified atom stereocenters. The Hall–Kier alpha value is -3.86. The Morgan fingerprint density at radius 2 is 1.58 bits per heavy atom. The average molecular weight is 479 g/mol. The van der Waals surface area contributed by atoms with Crippen molar-refractivity contribution in [3.63, 3.8) is 0 Å². The van der Waals surface area contributed by atoms with Gasteiger partial charge in [-0.3, -0.25) is 9.69 Å². The van der Waals surface area contributed by atoms with Crippen LogP contribution < -0.4 is 5.32 Å². The summed E-state index contributed by atoms with van der Waals surface area (Å²) in [5.74, 6) is -0.00731. The minimum atomic E-state index is -0.206. The van der Waals surface area contributed by atoms with E-state index in [1.807, 2.05) is 17.0 Å². The first kappa shape index (κ1) is 22.6. The lowest BCUT2D eigenvalue weighted by Gasteiger charge is -2.44. The first-order valence-corrected chi connectivity index (χ1v) is 12.8. The highest BCUT2D eigenvalue weighted by Gasteiger charge is 2.39. The SMILES string of the molecule is CC(=O)Nc1ccc(C2=CC3CCCC(C2)N3C(=O)OCC2c3ccccc3-c3ccccc32)cc1. The number of fused-ring (bicyclic) bond motifs is 5. The summed E-state index contributed by atoms with van der Waals surface area (Å²) in [6.45, 7) is 1.86. The number of benzene rings is 3. The molecule has 3 aliphatic rings. The van der Waals surface area contributed by atoms with E-state index in [2.05, 4.69) is 72.1 Å². The molecule has 2 aliphatic heterocycles. The number of anilines is 1. The van der Waals surface area contributed by atoms with E-state index in [0.717, 1.165) is 36.9 Å². The minimum Gasteiger partial charge on any atom is -0.448 e. The van der Waals surface area contributed by atoms with E-state index < -0.39 is 0 Å². The number of amides is 2. The summed E-state index contributed by atoms with van der Waals surface area (Å²) in [6.07, 6.45) is 5.91. The van der Waals surface area contributed by atoms with Crippen LogP contribution in [-0.2, 0) is 9.53 Å². The molecule has 0 aromatic heterocycles. The van der Waals surface area contributed by atoms with Crippen LogP contribution in [0.4, 0.5) is 10.5 Å². The highest BCUT2D eigenvalue weighted by Crippen LogP contribution is 2.45. The topological polar surface area (TPSA) is 58.6 Å². The second-order valence-corrected chi connectivity index (χ2v) is 10.0. The fraction of sp³-hybridized carbons (Fsp3) is 0.290. The lowest BCUT2D eigenvalue weighted by molar-refractivity contribution is -0.114. The van der Waals surface area contributed by atoms with E-state index in [1.54, 1.807) is 0 Å². The first-order valence-electron chi connectivity index (χ1n) is 12.8.